The Hall–Kier alpha value is -1.34. The van der Waals surface area contributed by atoms with Gasteiger partial charge in [0, 0.05) is 26.3 Å². The predicted octanol–water partition coefficient (Wildman–Crippen LogP) is 0.330. The molecule has 7 heteroatoms. The molecule has 0 saturated heterocycles. The molecule has 0 rings (SSSR count). The molecule has 106 valence electrons. The van der Waals surface area contributed by atoms with Crippen LogP contribution in [-0.4, -0.2) is 49.1 Å². The molecule has 0 saturated carbocycles. The Morgan fingerprint density at radius 1 is 1.44 bits per heavy atom. The average molecular weight is 262 g/mol. The summed E-state index contributed by atoms with van der Waals surface area (Å²) < 4.78 is 9.92. The van der Waals surface area contributed by atoms with Crippen molar-refractivity contribution in [3.05, 3.63) is 0 Å². The van der Waals surface area contributed by atoms with Gasteiger partial charge in [0.1, 0.15) is 5.60 Å². The first kappa shape index (κ1) is 16.7. The van der Waals surface area contributed by atoms with Crippen molar-refractivity contribution in [3.63, 3.8) is 0 Å². The lowest BCUT2D eigenvalue weighted by Crippen LogP contribution is -2.44. The van der Waals surface area contributed by atoms with Gasteiger partial charge in [-0.25, -0.2) is 4.79 Å². The maximum atomic E-state index is 11.5. The standard InChI is InChI=1S/C11H22N2O5/c1-11(2,7-12)18-10(16)13-8(4-5-17-3)6-9(14)15/h8H,4-7,12H2,1-3H3,(H,13,16)(H,14,15). The van der Waals surface area contributed by atoms with E-state index in [9.17, 15) is 9.59 Å². The zero-order valence-corrected chi connectivity index (χ0v) is 11.1. The zero-order valence-electron chi connectivity index (χ0n) is 11.1. The van der Waals surface area contributed by atoms with Crippen LogP contribution in [0.3, 0.4) is 0 Å². The quantitative estimate of drug-likeness (QED) is 0.581. The number of hydrogen-bond acceptors (Lipinski definition) is 5. The zero-order chi connectivity index (χ0) is 14.2. The molecule has 18 heavy (non-hydrogen) atoms. The molecule has 4 N–H and O–H groups in total. The van der Waals surface area contributed by atoms with E-state index < -0.39 is 23.7 Å². The number of carbonyl (C=O) groups excluding carboxylic acids is 1. The van der Waals surface area contributed by atoms with Crippen LogP contribution < -0.4 is 11.1 Å². The predicted molar refractivity (Wildman–Crippen MR) is 65.3 cm³/mol. The topological polar surface area (TPSA) is 111 Å². The molecular formula is C11H22N2O5. The van der Waals surface area contributed by atoms with Gasteiger partial charge in [-0.2, -0.15) is 0 Å². The van der Waals surface area contributed by atoms with Crippen LogP contribution in [0, 0.1) is 0 Å². The van der Waals surface area contributed by atoms with Crippen molar-refractivity contribution in [2.24, 2.45) is 5.73 Å². The van der Waals surface area contributed by atoms with Crippen LogP contribution in [0.1, 0.15) is 26.7 Å². The summed E-state index contributed by atoms with van der Waals surface area (Å²) in [6.07, 6.45) is -0.449. The van der Waals surface area contributed by atoms with Crippen molar-refractivity contribution in [3.8, 4) is 0 Å². The van der Waals surface area contributed by atoms with Crippen LogP contribution in [0.15, 0.2) is 0 Å². The first-order valence-corrected chi connectivity index (χ1v) is 5.71. The molecule has 0 aromatic carbocycles. The smallest absolute Gasteiger partial charge is 0.407 e. The lowest BCUT2D eigenvalue weighted by Gasteiger charge is -2.25. The van der Waals surface area contributed by atoms with Gasteiger partial charge in [0.15, 0.2) is 0 Å². The van der Waals surface area contributed by atoms with Crippen molar-refractivity contribution in [1.82, 2.24) is 5.32 Å². The molecule has 7 nitrogen and oxygen atoms in total. The summed E-state index contributed by atoms with van der Waals surface area (Å²) >= 11 is 0. The van der Waals surface area contributed by atoms with Crippen LogP contribution in [0.5, 0.6) is 0 Å². The monoisotopic (exact) mass is 262 g/mol. The molecular weight excluding hydrogens is 240 g/mol. The molecule has 0 aromatic heterocycles. The minimum atomic E-state index is -0.991. The SMILES string of the molecule is COCCC(CC(=O)O)NC(=O)OC(C)(C)CN. The Bertz CT molecular complexity index is 281. The highest BCUT2D eigenvalue weighted by Gasteiger charge is 2.23. The maximum Gasteiger partial charge on any atom is 0.407 e. The van der Waals surface area contributed by atoms with Crippen LogP contribution in [0.25, 0.3) is 0 Å². The normalized spacial score (nSPS) is 12.9. The molecule has 1 unspecified atom stereocenters. The number of ether oxygens (including phenoxy) is 2. The summed E-state index contributed by atoms with van der Waals surface area (Å²) in [6, 6.07) is -0.525. The van der Waals surface area contributed by atoms with E-state index in [1.54, 1.807) is 13.8 Å². The number of carboxylic acids is 1. The van der Waals surface area contributed by atoms with Crippen LogP contribution in [0.4, 0.5) is 4.79 Å². The summed E-state index contributed by atoms with van der Waals surface area (Å²) in [4.78, 5) is 22.2. The van der Waals surface area contributed by atoms with Gasteiger partial charge in [-0.3, -0.25) is 4.79 Å². The fourth-order valence-electron chi connectivity index (χ4n) is 1.18. The van der Waals surface area contributed by atoms with E-state index in [1.165, 1.54) is 7.11 Å². The Kier molecular flexibility index (Phi) is 7.30. The van der Waals surface area contributed by atoms with Crippen LogP contribution in [0.2, 0.25) is 0 Å². The summed E-state index contributed by atoms with van der Waals surface area (Å²) in [5, 5.41) is 11.2. The van der Waals surface area contributed by atoms with Gasteiger partial charge in [0.05, 0.1) is 6.42 Å². The molecule has 0 bridgehead atoms. The summed E-state index contributed by atoms with van der Waals surface area (Å²) in [6.45, 7) is 3.89. The highest BCUT2D eigenvalue weighted by atomic mass is 16.6. The second kappa shape index (κ2) is 7.88. The minimum absolute atomic E-state index is 0.179. The fraction of sp³-hybridized carbons (Fsp3) is 0.818. The van der Waals surface area contributed by atoms with Gasteiger partial charge >= 0.3 is 12.1 Å². The first-order valence-electron chi connectivity index (χ1n) is 5.71. The van der Waals surface area contributed by atoms with E-state index >= 15 is 0 Å². The van der Waals surface area contributed by atoms with E-state index in [1.807, 2.05) is 0 Å². The number of methoxy groups -OCH3 is 1. The molecule has 1 atom stereocenters. The number of hydrogen-bond donors (Lipinski definition) is 3. The number of nitrogens with one attached hydrogen (secondary N) is 1. The lowest BCUT2D eigenvalue weighted by molar-refractivity contribution is -0.137. The van der Waals surface area contributed by atoms with Gasteiger partial charge in [0.2, 0.25) is 0 Å². The second-order valence-corrected chi connectivity index (χ2v) is 4.57. The van der Waals surface area contributed by atoms with E-state index in [2.05, 4.69) is 5.32 Å². The number of rotatable bonds is 8. The third-order valence-corrected chi connectivity index (χ3v) is 2.27. The fourth-order valence-corrected chi connectivity index (χ4v) is 1.18. The van der Waals surface area contributed by atoms with Gasteiger partial charge in [-0.1, -0.05) is 0 Å². The Morgan fingerprint density at radius 3 is 2.50 bits per heavy atom. The summed E-state index contributed by atoms with van der Waals surface area (Å²) in [5.41, 5.74) is 4.65. The summed E-state index contributed by atoms with van der Waals surface area (Å²) in [5.74, 6) is -0.991. The number of carbonyl (C=O) groups is 2. The molecule has 0 aliphatic carbocycles. The number of amides is 1. The first-order chi connectivity index (χ1) is 8.30. The Morgan fingerprint density at radius 2 is 2.06 bits per heavy atom. The van der Waals surface area contributed by atoms with Crippen LogP contribution >= 0.6 is 0 Å². The molecule has 0 heterocycles. The Labute approximate surface area is 107 Å². The van der Waals surface area contributed by atoms with Crippen molar-refractivity contribution in [2.75, 3.05) is 20.3 Å². The number of alkyl carbamates (subject to hydrolysis) is 1. The van der Waals surface area contributed by atoms with Crippen molar-refractivity contribution < 1.29 is 24.2 Å². The highest BCUT2D eigenvalue weighted by Crippen LogP contribution is 2.08. The maximum absolute atomic E-state index is 11.5. The third kappa shape index (κ3) is 7.86. The van der Waals surface area contributed by atoms with E-state index in [0.29, 0.717) is 13.0 Å². The van der Waals surface area contributed by atoms with Gasteiger partial charge in [0.25, 0.3) is 0 Å². The van der Waals surface area contributed by atoms with E-state index in [-0.39, 0.29) is 13.0 Å². The summed E-state index contributed by atoms with van der Waals surface area (Å²) in [7, 11) is 1.51. The van der Waals surface area contributed by atoms with Crippen molar-refractivity contribution in [1.29, 1.82) is 0 Å². The van der Waals surface area contributed by atoms with Gasteiger partial charge < -0.3 is 25.6 Å². The van der Waals surface area contributed by atoms with E-state index in [4.69, 9.17) is 20.3 Å². The minimum Gasteiger partial charge on any atom is -0.481 e. The molecule has 1 amide bonds. The second-order valence-electron chi connectivity index (χ2n) is 4.57. The highest BCUT2D eigenvalue weighted by molar-refractivity contribution is 5.71. The van der Waals surface area contributed by atoms with Crippen LogP contribution in [-0.2, 0) is 14.3 Å². The molecule has 0 aliphatic rings. The molecule has 0 spiro atoms. The van der Waals surface area contributed by atoms with Gasteiger partial charge in [-0.15, -0.1) is 0 Å². The lowest BCUT2D eigenvalue weighted by atomic mass is 10.1. The number of aliphatic carboxylic acids is 1. The average Bonchev–Trinajstić information content (AvgIpc) is 2.24. The van der Waals surface area contributed by atoms with Crippen molar-refractivity contribution >= 4 is 12.1 Å². The van der Waals surface area contributed by atoms with Crippen molar-refractivity contribution in [2.45, 2.75) is 38.3 Å². The van der Waals surface area contributed by atoms with Gasteiger partial charge in [-0.05, 0) is 20.3 Å². The third-order valence-electron chi connectivity index (χ3n) is 2.27. The molecule has 0 fully saturated rings. The molecule has 0 radical (unpaired) electrons. The molecule has 0 aromatic rings. The number of nitrogens with two attached hydrogens (primary N) is 1. The van der Waals surface area contributed by atoms with E-state index in [0.717, 1.165) is 0 Å². The largest absolute Gasteiger partial charge is 0.481 e. The molecule has 0 aliphatic heterocycles. The number of carboxylic acid groups (broad SMARTS) is 1. The Balaban J connectivity index is 4.29.